The molecule has 0 aliphatic carbocycles. The molecule has 1 saturated heterocycles. The molecular formula is C17H27NO3. The van der Waals surface area contributed by atoms with Crippen molar-refractivity contribution in [3.05, 3.63) is 35.9 Å². The number of carbonyl (C=O) groups is 1. The number of piperidine rings is 1. The first-order valence-electron chi connectivity index (χ1n) is 7.46. The van der Waals surface area contributed by atoms with Crippen molar-refractivity contribution in [3.63, 3.8) is 0 Å². The van der Waals surface area contributed by atoms with Crippen molar-refractivity contribution in [1.29, 1.82) is 0 Å². The van der Waals surface area contributed by atoms with Crippen LogP contribution in [0.2, 0.25) is 0 Å². The standard InChI is InChI=1S/C12H17NO.C5H10O2/c14-9-11-8-13-7-6-12(11)10-4-2-1-3-5-10;1-5(2,3)7-4-6/h1-5,11-14H,6-9H2;4H,1-3H3. The molecule has 0 aromatic heterocycles. The Morgan fingerprint density at radius 1 is 1.33 bits per heavy atom. The van der Waals surface area contributed by atoms with Gasteiger partial charge in [-0.2, -0.15) is 0 Å². The number of carbonyl (C=O) groups excluding carboxylic acids is 1. The van der Waals surface area contributed by atoms with Crippen molar-refractivity contribution in [2.75, 3.05) is 19.7 Å². The molecule has 1 fully saturated rings. The number of nitrogens with one attached hydrogen (secondary N) is 1. The summed E-state index contributed by atoms with van der Waals surface area (Å²) in [5.41, 5.74) is 1.05. The first-order valence-corrected chi connectivity index (χ1v) is 7.46. The summed E-state index contributed by atoms with van der Waals surface area (Å²) in [6.45, 7) is 8.21. The molecule has 2 N–H and O–H groups in total. The maximum Gasteiger partial charge on any atom is 0.293 e. The maximum atomic E-state index is 9.60. The summed E-state index contributed by atoms with van der Waals surface area (Å²) in [6.07, 6.45) is 1.13. The second-order valence-corrected chi connectivity index (χ2v) is 6.28. The topological polar surface area (TPSA) is 58.6 Å². The second kappa shape index (κ2) is 8.80. The van der Waals surface area contributed by atoms with Gasteiger partial charge in [-0.3, -0.25) is 4.79 Å². The molecule has 1 aromatic rings. The van der Waals surface area contributed by atoms with Gasteiger partial charge < -0.3 is 15.2 Å². The zero-order valence-electron chi connectivity index (χ0n) is 13.2. The number of benzene rings is 1. The summed E-state index contributed by atoms with van der Waals surface area (Å²) in [6, 6.07) is 10.5. The molecule has 2 atom stereocenters. The lowest BCUT2D eigenvalue weighted by Crippen LogP contribution is -2.37. The van der Waals surface area contributed by atoms with Crippen LogP contribution in [0.15, 0.2) is 30.3 Å². The summed E-state index contributed by atoms with van der Waals surface area (Å²) in [5.74, 6) is 0.911. The lowest BCUT2D eigenvalue weighted by molar-refractivity contribution is -0.138. The highest BCUT2D eigenvalue weighted by Gasteiger charge is 2.25. The van der Waals surface area contributed by atoms with Gasteiger partial charge in [-0.15, -0.1) is 0 Å². The Labute approximate surface area is 127 Å². The van der Waals surface area contributed by atoms with Crippen molar-refractivity contribution < 1.29 is 14.6 Å². The molecule has 0 amide bonds. The highest BCUT2D eigenvalue weighted by atomic mass is 16.5. The maximum absolute atomic E-state index is 9.60. The van der Waals surface area contributed by atoms with Gasteiger partial charge in [0.15, 0.2) is 0 Å². The van der Waals surface area contributed by atoms with E-state index in [2.05, 4.69) is 34.3 Å². The summed E-state index contributed by atoms with van der Waals surface area (Å²) < 4.78 is 4.55. The number of ether oxygens (including phenoxy) is 1. The monoisotopic (exact) mass is 293 g/mol. The molecule has 2 unspecified atom stereocenters. The average molecular weight is 293 g/mol. The Bertz CT molecular complexity index is 400. The SMILES string of the molecule is CC(C)(C)OC=O.OCC1CNCCC1c1ccccc1. The van der Waals surface area contributed by atoms with E-state index < -0.39 is 0 Å². The number of aliphatic hydroxyl groups is 1. The van der Waals surface area contributed by atoms with Crippen molar-refractivity contribution in [3.8, 4) is 0 Å². The fraction of sp³-hybridized carbons (Fsp3) is 0.588. The highest BCUT2D eigenvalue weighted by molar-refractivity contribution is 5.37. The van der Waals surface area contributed by atoms with Gasteiger partial charge in [0.1, 0.15) is 5.60 Å². The third-order valence-corrected chi connectivity index (χ3v) is 3.47. The van der Waals surface area contributed by atoms with Crippen LogP contribution in [0, 0.1) is 5.92 Å². The fourth-order valence-electron chi connectivity index (χ4n) is 2.40. The van der Waals surface area contributed by atoms with E-state index in [1.807, 2.05) is 26.8 Å². The minimum absolute atomic E-state index is 0.284. The van der Waals surface area contributed by atoms with E-state index in [9.17, 15) is 9.90 Å². The third kappa shape index (κ3) is 6.74. The van der Waals surface area contributed by atoms with E-state index in [-0.39, 0.29) is 12.2 Å². The van der Waals surface area contributed by atoms with E-state index in [0.29, 0.717) is 18.3 Å². The predicted molar refractivity (Wildman–Crippen MR) is 84.1 cm³/mol. The molecule has 0 radical (unpaired) electrons. The second-order valence-electron chi connectivity index (χ2n) is 6.28. The van der Waals surface area contributed by atoms with Crippen LogP contribution in [0.3, 0.4) is 0 Å². The van der Waals surface area contributed by atoms with E-state index in [0.717, 1.165) is 19.5 Å². The van der Waals surface area contributed by atoms with Crippen molar-refractivity contribution in [2.24, 2.45) is 5.92 Å². The number of rotatable bonds is 3. The Hall–Kier alpha value is -1.39. The highest BCUT2D eigenvalue weighted by Crippen LogP contribution is 2.29. The number of hydrogen-bond donors (Lipinski definition) is 2. The van der Waals surface area contributed by atoms with Crippen LogP contribution >= 0.6 is 0 Å². The van der Waals surface area contributed by atoms with E-state index in [1.165, 1.54) is 5.56 Å². The van der Waals surface area contributed by atoms with Crippen LogP contribution < -0.4 is 5.32 Å². The van der Waals surface area contributed by atoms with E-state index >= 15 is 0 Å². The Morgan fingerprint density at radius 3 is 2.48 bits per heavy atom. The zero-order valence-corrected chi connectivity index (χ0v) is 13.2. The smallest absolute Gasteiger partial charge is 0.293 e. The van der Waals surface area contributed by atoms with E-state index in [1.54, 1.807) is 0 Å². The van der Waals surface area contributed by atoms with Crippen LogP contribution in [0.5, 0.6) is 0 Å². The van der Waals surface area contributed by atoms with Crippen LogP contribution in [0.4, 0.5) is 0 Å². The lowest BCUT2D eigenvalue weighted by Gasteiger charge is -2.31. The minimum atomic E-state index is -0.318. The molecular weight excluding hydrogens is 266 g/mol. The number of aliphatic hydroxyl groups excluding tert-OH is 1. The van der Waals surface area contributed by atoms with Crippen molar-refractivity contribution in [2.45, 2.75) is 38.7 Å². The third-order valence-electron chi connectivity index (χ3n) is 3.47. The van der Waals surface area contributed by atoms with Gasteiger partial charge in [0.25, 0.3) is 6.47 Å². The largest absolute Gasteiger partial charge is 0.462 e. The van der Waals surface area contributed by atoms with Crippen LogP contribution in [-0.4, -0.2) is 36.9 Å². The van der Waals surface area contributed by atoms with Crippen molar-refractivity contribution in [1.82, 2.24) is 5.32 Å². The van der Waals surface area contributed by atoms with Crippen LogP contribution in [0.25, 0.3) is 0 Å². The van der Waals surface area contributed by atoms with E-state index in [4.69, 9.17) is 0 Å². The molecule has 0 spiro atoms. The summed E-state index contributed by atoms with van der Waals surface area (Å²) in [5, 5.41) is 12.6. The van der Waals surface area contributed by atoms with Gasteiger partial charge in [-0.05, 0) is 45.2 Å². The summed E-state index contributed by atoms with van der Waals surface area (Å²) in [4.78, 5) is 9.60. The molecule has 0 bridgehead atoms. The fourth-order valence-corrected chi connectivity index (χ4v) is 2.40. The number of hydrogen-bond acceptors (Lipinski definition) is 4. The van der Waals surface area contributed by atoms with Gasteiger partial charge in [-0.25, -0.2) is 0 Å². The summed E-state index contributed by atoms with van der Waals surface area (Å²) >= 11 is 0. The van der Waals surface area contributed by atoms with Gasteiger partial charge >= 0.3 is 0 Å². The molecule has 0 saturated carbocycles. The van der Waals surface area contributed by atoms with Gasteiger partial charge in [-0.1, -0.05) is 30.3 Å². The van der Waals surface area contributed by atoms with Gasteiger partial charge in [0.2, 0.25) is 0 Å². The van der Waals surface area contributed by atoms with Crippen molar-refractivity contribution >= 4 is 6.47 Å². The van der Waals surface area contributed by atoms with Crippen LogP contribution in [-0.2, 0) is 9.53 Å². The molecule has 21 heavy (non-hydrogen) atoms. The Morgan fingerprint density at radius 2 is 2.00 bits per heavy atom. The Kier molecular flexibility index (Phi) is 7.40. The summed E-state index contributed by atoms with van der Waals surface area (Å²) in [7, 11) is 0. The van der Waals surface area contributed by atoms with Gasteiger partial charge in [0, 0.05) is 19.1 Å². The quantitative estimate of drug-likeness (QED) is 0.840. The average Bonchev–Trinajstić information content (AvgIpc) is 2.47. The molecule has 1 aliphatic rings. The zero-order chi connectivity index (χ0) is 15.7. The molecule has 2 rings (SSSR count). The molecule has 1 heterocycles. The van der Waals surface area contributed by atoms with Crippen LogP contribution in [0.1, 0.15) is 38.7 Å². The molecule has 4 nitrogen and oxygen atoms in total. The molecule has 118 valence electrons. The molecule has 1 aromatic carbocycles. The lowest BCUT2D eigenvalue weighted by atomic mass is 9.82. The molecule has 4 heteroatoms. The minimum Gasteiger partial charge on any atom is -0.462 e. The predicted octanol–water partition coefficient (Wildman–Crippen LogP) is 2.33. The first-order chi connectivity index (χ1) is 9.98. The normalized spacial score (nSPS) is 21.9. The van der Waals surface area contributed by atoms with Gasteiger partial charge in [0.05, 0.1) is 0 Å². The first kappa shape index (κ1) is 17.7. The molecule has 1 aliphatic heterocycles. The Balaban J connectivity index is 0.000000270.